The van der Waals surface area contributed by atoms with Crippen molar-refractivity contribution in [3.05, 3.63) is 59.7 Å². The van der Waals surface area contributed by atoms with Crippen LogP contribution in [0.5, 0.6) is 5.75 Å². The summed E-state index contributed by atoms with van der Waals surface area (Å²) in [5.74, 6) is -3.77. The van der Waals surface area contributed by atoms with Crippen LogP contribution in [0.2, 0.25) is 5.02 Å². The van der Waals surface area contributed by atoms with E-state index in [2.05, 4.69) is 27.2 Å². The van der Waals surface area contributed by atoms with E-state index in [0.717, 1.165) is 12.1 Å². The van der Waals surface area contributed by atoms with Gasteiger partial charge < -0.3 is 20.1 Å². The van der Waals surface area contributed by atoms with E-state index in [-0.39, 0.29) is 29.0 Å². The van der Waals surface area contributed by atoms with Gasteiger partial charge in [0.2, 0.25) is 0 Å². The van der Waals surface area contributed by atoms with E-state index in [4.69, 9.17) is 21.1 Å². The average molecular weight is 465 g/mol. The number of halogens is 4. The molecule has 32 heavy (non-hydrogen) atoms. The minimum atomic E-state index is -1.19. The Morgan fingerprint density at radius 2 is 2.06 bits per heavy atom. The van der Waals surface area contributed by atoms with Crippen LogP contribution in [0.25, 0.3) is 10.9 Å². The van der Waals surface area contributed by atoms with E-state index >= 15 is 0 Å². The molecule has 1 fully saturated rings. The molecule has 4 rings (SSSR count). The Bertz CT molecular complexity index is 1220. The Kier molecular flexibility index (Phi) is 6.15. The van der Waals surface area contributed by atoms with Crippen LogP contribution < -0.4 is 15.4 Å². The van der Waals surface area contributed by atoms with Gasteiger partial charge in [0.05, 0.1) is 30.1 Å². The number of carbonyl (C=O) groups excluding carboxylic acids is 1. The fourth-order valence-corrected chi connectivity index (χ4v) is 3.27. The minimum absolute atomic E-state index is 0.123. The Hall–Kier alpha value is -3.37. The normalized spacial score (nSPS) is 15.6. The summed E-state index contributed by atoms with van der Waals surface area (Å²) in [6.07, 6.45) is 1.62. The van der Waals surface area contributed by atoms with Gasteiger partial charge in [0.15, 0.2) is 11.6 Å². The highest BCUT2D eigenvalue weighted by Gasteiger charge is 2.22. The maximum absolute atomic E-state index is 14.4. The third-order valence-electron chi connectivity index (χ3n) is 4.70. The number of carbonyl (C=O) groups is 1. The number of anilines is 3. The molecule has 1 aliphatic rings. The molecule has 0 aliphatic carbocycles. The number of hydrogen-bond acceptors (Lipinski definition) is 6. The van der Waals surface area contributed by atoms with Crippen molar-refractivity contribution in [1.29, 1.82) is 0 Å². The quantitative estimate of drug-likeness (QED) is 0.399. The third kappa shape index (κ3) is 4.46. The van der Waals surface area contributed by atoms with Gasteiger partial charge >= 0.3 is 0 Å². The number of amides is 1. The third-order valence-corrected chi connectivity index (χ3v) is 5.05. The molecule has 0 spiro atoms. The van der Waals surface area contributed by atoms with Crippen molar-refractivity contribution in [2.24, 2.45) is 0 Å². The summed E-state index contributed by atoms with van der Waals surface area (Å²) in [7, 11) is 0. The predicted molar refractivity (Wildman–Crippen MR) is 113 cm³/mol. The molecule has 0 radical (unpaired) electrons. The van der Waals surface area contributed by atoms with Gasteiger partial charge in [0.1, 0.15) is 34.8 Å². The number of nitrogens with one attached hydrogen (secondary N) is 2. The van der Waals surface area contributed by atoms with Crippen molar-refractivity contribution < 1.29 is 27.4 Å². The lowest BCUT2D eigenvalue weighted by molar-refractivity contribution is -0.114. The van der Waals surface area contributed by atoms with Crippen molar-refractivity contribution in [3.8, 4) is 5.75 Å². The second-order valence-electron chi connectivity index (χ2n) is 6.90. The van der Waals surface area contributed by atoms with E-state index in [9.17, 15) is 18.0 Å². The van der Waals surface area contributed by atoms with Crippen LogP contribution in [-0.2, 0) is 9.53 Å². The number of fused-ring (bicyclic) bond motifs is 1. The monoisotopic (exact) mass is 464 g/mol. The largest absolute Gasteiger partial charge is 0.486 e. The highest BCUT2D eigenvalue weighted by atomic mass is 35.5. The van der Waals surface area contributed by atoms with Gasteiger partial charge in [-0.1, -0.05) is 18.2 Å². The molecule has 1 aliphatic heterocycles. The number of ether oxygens (including phenoxy) is 2. The average Bonchev–Trinajstić information content (AvgIpc) is 3.28. The van der Waals surface area contributed by atoms with E-state index in [1.54, 1.807) is 0 Å². The van der Waals surface area contributed by atoms with E-state index in [1.807, 2.05) is 0 Å². The maximum Gasteiger partial charge on any atom is 0.283 e. The smallest absolute Gasteiger partial charge is 0.283 e. The van der Waals surface area contributed by atoms with Gasteiger partial charge in [0, 0.05) is 17.9 Å². The molecule has 2 aromatic carbocycles. The first-order valence-corrected chi connectivity index (χ1v) is 9.80. The highest BCUT2D eigenvalue weighted by Crippen LogP contribution is 2.36. The molecule has 1 amide bonds. The fourth-order valence-electron chi connectivity index (χ4n) is 3.10. The highest BCUT2D eigenvalue weighted by molar-refractivity contribution is 6.31. The summed E-state index contributed by atoms with van der Waals surface area (Å²) in [4.78, 5) is 20.2. The van der Waals surface area contributed by atoms with Crippen LogP contribution in [-0.4, -0.2) is 35.2 Å². The summed E-state index contributed by atoms with van der Waals surface area (Å²) in [5, 5.41) is 4.80. The van der Waals surface area contributed by atoms with Crippen LogP contribution >= 0.6 is 11.6 Å². The number of benzene rings is 2. The number of aromatic nitrogens is 2. The van der Waals surface area contributed by atoms with Gasteiger partial charge in [-0.25, -0.2) is 23.1 Å². The van der Waals surface area contributed by atoms with E-state index < -0.39 is 28.4 Å². The minimum Gasteiger partial charge on any atom is -0.486 e. The topological polar surface area (TPSA) is 85.4 Å². The molecule has 0 bridgehead atoms. The molecule has 0 saturated carbocycles. The van der Waals surface area contributed by atoms with Crippen molar-refractivity contribution in [3.63, 3.8) is 0 Å². The van der Waals surface area contributed by atoms with Crippen LogP contribution in [0.3, 0.4) is 0 Å². The van der Waals surface area contributed by atoms with Gasteiger partial charge in [-0.3, -0.25) is 4.79 Å². The molecule has 3 aromatic rings. The first kappa shape index (κ1) is 21.8. The number of rotatable bonds is 6. The number of hydrogen-bond donors (Lipinski definition) is 2. The van der Waals surface area contributed by atoms with Crippen molar-refractivity contribution in [1.82, 2.24) is 9.97 Å². The van der Waals surface area contributed by atoms with Crippen molar-refractivity contribution in [2.45, 2.75) is 12.5 Å². The van der Waals surface area contributed by atoms with Gasteiger partial charge in [-0.2, -0.15) is 0 Å². The molecule has 2 N–H and O–H groups in total. The summed E-state index contributed by atoms with van der Waals surface area (Å²) >= 11 is 5.64. The van der Waals surface area contributed by atoms with Crippen LogP contribution in [0, 0.1) is 11.6 Å². The Labute approximate surface area is 185 Å². The van der Waals surface area contributed by atoms with Crippen LogP contribution in [0.4, 0.5) is 30.4 Å². The molecule has 7 nitrogen and oxygen atoms in total. The molecule has 166 valence electrons. The molecular weight excluding hydrogens is 449 g/mol. The summed E-state index contributed by atoms with van der Waals surface area (Å²) < 4.78 is 52.4. The zero-order chi connectivity index (χ0) is 22.8. The summed E-state index contributed by atoms with van der Waals surface area (Å²) in [5.41, 5.74) is 0.397. The van der Waals surface area contributed by atoms with Gasteiger partial charge in [0.25, 0.3) is 5.91 Å². The molecule has 1 aromatic heterocycles. The van der Waals surface area contributed by atoms with E-state index in [1.165, 1.54) is 18.5 Å². The number of nitrogens with zero attached hydrogens (tertiary/aromatic N) is 2. The van der Waals surface area contributed by atoms with Crippen LogP contribution in [0.1, 0.15) is 6.42 Å². The van der Waals surface area contributed by atoms with Crippen LogP contribution in [0.15, 0.2) is 43.0 Å². The Balaban J connectivity index is 1.77. The molecule has 2 heterocycles. The zero-order valence-electron chi connectivity index (χ0n) is 16.4. The zero-order valence-corrected chi connectivity index (χ0v) is 17.2. The Morgan fingerprint density at radius 3 is 2.78 bits per heavy atom. The van der Waals surface area contributed by atoms with Crippen molar-refractivity contribution >= 4 is 45.6 Å². The predicted octanol–water partition coefficient (Wildman–Crippen LogP) is 4.89. The van der Waals surface area contributed by atoms with Gasteiger partial charge in [-0.15, -0.1) is 0 Å². The molecule has 1 atom stereocenters. The van der Waals surface area contributed by atoms with Gasteiger partial charge in [-0.05, 0) is 18.2 Å². The van der Waals surface area contributed by atoms with Crippen molar-refractivity contribution in [2.75, 3.05) is 23.8 Å². The standard InChI is InChI=1S/C21H16ClF3N4O3/c1-10(23)21(30)29-16-6-12-15(7-17(16)32-11-4-5-31-8-11)26-9-27-20(12)28-14-3-2-13(24)18(22)19(14)25/h2-3,6-7,9,11H,1,4-5,8H2,(H,29,30)(H,26,27,28)/t11-/m1/s1. The fraction of sp³-hybridized carbons (Fsp3) is 0.190. The van der Waals surface area contributed by atoms with E-state index in [0.29, 0.717) is 30.5 Å². The first-order valence-electron chi connectivity index (χ1n) is 9.43. The molecule has 0 unspecified atom stereocenters. The lowest BCUT2D eigenvalue weighted by atomic mass is 10.1. The summed E-state index contributed by atoms with van der Waals surface area (Å²) in [6.45, 7) is 3.88. The molecular formula is C21H16ClF3N4O3. The maximum atomic E-state index is 14.4. The second kappa shape index (κ2) is 9.01. The first-order chi connectivity index (χ1) is 15.3. The molecule has 11 heteroatoms. The Morgan fingerprint density at radius 1 is 1.25 bits per heavy atom. The lowest BCUT2D eigenvalue weighted by Gasteiger charge is -2.18. The second-order valence-corrected chi connectivity index (χ2v) is 7.28. The summed E-state index contributed by atoms with van der Waals surface area (Å²) in [6, 6.07) is 5.15. The molecule has 1 saturated heterocycles. The SMILES string of the molecule is C=C(F)C(=O)Nc1cc2c(Nc3ccc(F)c(Cl)c3F)ncnc2cc1O[C@@H]1CCOC1. The lowest BCUT2D eigenvalue weighted by Crippen LogP contribution is -2.18.